The highest BCUT2D eigenvalue weighted by molar-refractivity contribution is 7.99. The Morgan fingerprint density at radius 2 is 2.24 bits per heavy atom. The largest absolute Gasteiger partial charge is 0.399 e. The number of rotatable bonds is 6. The molecule has 0 spiro atoms. The SMILES string of the molecule is Nc1ccc(F)c(NC(=O)CCCSc2ccncn2)c1. The molecule has 1 aromatic carbocycles. The minimum absolute atomic E-state index is 0.114. The lowest BCUT2D eigenvalue weighted by molar-refractivity contribution is -0.116. The van der Waals surface area contributed by atoms with Crippen LogP contribution in [-0.2, 0) is 4.79 Å². The van der Waals surface area contributed by atoms with E-state index in [-0.39, 0.29) is 11.6 Å². The highest BCUT2D eigenvalue weighted by atomic mass is 32.2. The molecule has 7 heteroatoms. The Kier molecular flexibility index (Phi) is 5.51. The molecule has 0 bridgehead atoms. The van der Waals surface area contributed by atoms with Gasteiger partial charge in [0.05, 0.1) is 10.7 Å². The van der Waals surface area contributed by atoms with E-state index in [9.17, 15) is 9.18 Å². The number of hydrogen-bond donors (Lipinski definition) is 2. The van der Waals surface area contributed by atoms with E-state index >= 15 is 0 Å². The molecular weight excluding hydrogens is 291 g/mol. The number of nitrogens with one attached hydrogen (secondary N) is 1. The molecule has 0 atom stereocenters. The summed E-state index contributed by atoms with van der Waals surface area (Å²) < 4.78 is 13.5. The van der Waals surface area contributed by atoms with E-state index in [0.717, 1.165) is 10.8 Å². The molecule has 5 nitrogen and oxygen atoms in total. The van der Waals surface area contributed by atoms with Crippen LogP contribution in [0.5, 0.6) is 0 Å². The van der Waals surface area contributed by atoms with Gasteiger partial charge in [0.25, 0.3) is 0 Å². The topological polar surface area (TPSA) is 80.9 Å². The first kappa shape index (κ1) is 15.2. The lowest BCUT2D eigenvalue weighted by Crippen LogP contribution is -2.12. The quantitative estimate of drug-likeness (QED) is 0.371. The number of hydrogen-bond acceptors (Lipinski definition) is 5. The first-order valence-electron chi connectivity index (χ1n) is 6.39. The van der Waals surface area contributed by atoms with Gasteiger partial charge < -0.3 is 11.1 Å². The maximum Gasteiger partial charge on any atom is 0.224 e. The molecule has 0 saturated carbocycles. The molecule has 1 heterocycles. The number of carbonyl (C=O) groups is 1. The zero-order valence-electron chi connectivity index (χ0n) is 11.3. The second-order valence-corrected chi connectivity index (χ2v) is 5.40. The molecule has 3 N–H and O–H groups in total. The van der Waals surface area contributed by atoms with E-state index < -0.39 is 5.82 Å². The van der Waals surface area contributed by atoms with Gasteiger partial charge in [-0.2, -0.15) is 0 Å². The van der Waals surface area contributed by atoms with Crippen molar-refractivity contribution in [2.75, 3.05) is 16.8 Å². The van der Waals surface area contributed by atoms with E-state index in [0.29, 0.717) is 18.5 Å². The minimum atomic E-state index is -0.493. The summed E-state index contributed by atoms with van der Waals surface area (Å²) in [6, 6.07) is 5.90. The monoisotopic (exact) mass is 306 g/mol. The predicted octanol–water partition coefficient (Wildman–Crippen LogP) is 2.71. The number of nitrogens with two attached hydrogens (primary N) is 1. The maximum atomic E-state index is 13.5. The molecule has 1 amide bonds. The van der Waals surface area contributed by atoms with Crippen LogP contribution in [0.2, 0.25) is 0 Å². The van der Waals surface area contributed by atoms with Gasteiger partial charge in [0, 0.05) is 18.3 Å². The Morgan fingerprint density at radius 3 is 3.00 bits per heavy atom. The predicted molar refractivity (Wildman–Crippen MR) is 81.4 cm³/mol. The van der Waals surface area contributed by atoms with Crippen molar-refractivity contribution >= 4 is 29.0 Å². The van der Waals surface area contributed by atoms with Crippen molar-refractivity contribution in [3.05, 3.63) is 42.6 Å². The van der Waals surface area contributed by atoms with E-state index in [2.05, 4.69) is 15.3 Å². The van der Waals surface area contributed by atoms with E-state index in [1.165, 1.54) is 24.5 Å². The second-order valence-electron chi connectivity index (χ2n) is 4.29. The first-order valence-corrected chi connectivity index (χ1v) is 7.37. The lowest BCUT2D eigenvalue weighted by atomic mass is 10.2. The molecular formula is C14H15FN4OS. The van der Waals surface area contributed by atoms with Crippen LogP contribution < -0.4 is 11.1 Å². The summed E-state index contributed by atoms with van der Waals surface area (Å²) in [6.45, 7) is 0. The number of nitrogen functional groups attached to an aromatic ring is 1. The smallest absolute Gasteiger partial charge is 0.224 e. The van der Waals surface area contributed by atoms with E-state index in [1.807, 2.05) is 6.07 Å². The summed E-state index contributed by atoms with van der Waals surface area (Å²) in [6.07, 6.45) is 4.14. The van der Waals surface area contributed by atoms with Crippen LogP contribution in [0.3, 0.4) is 0 Å². The average molecular weight is 306 g/mol. The van der Waals surface area contributed by atoms with Gasteiger partial charge >= 0.3 is 0 Å². The Morgan fingerprint density at radius 1 is 1.38 bits per heavy atom. The van der Waals surface area contributed by atoms with Crippen LogP contribution in [0.15, 0.2) is 41.8 Å². The molecule has 2 rings (SSSR count). The van der Waals surface area contributed by atoms with Crippen LogP contribution >= 0.6 is 11.8 Å². The van der Waals surface area contributed by atoms with Crippen LogP contribution in [0, 0.1) is 5.82 Å². The van der Waals surface area contributed by atoms with Gasteiger partial charge in [-0.15, -0.1) is 11.8 Å². The third kappa shape index (κ3) is 5.03. The van der Waals surface area contributed by atoms with Crippen molar-refractivity contribution in [3.8, 4) is 0 Å². The normalized spacial score (nSPS) is 10.3. The molecule has 0 radical (unpaired) electrons. The molecule has 0 aliphatic carbocycles. The molecule has 0 saturated heterocycles. The Bertz CT molecular complexity index is 609. The highest BCUT2D eigenvalue weighted by Crippen LogP contribution is 2.19. The minimum Gasteiger partial charge on any atom is -0.399 e. The lowest BCUT2D eigenvalue weighted by Gasteiger charge is -2.07. The third-order valence-corrected chi connectivity index (χ3v) is 3.65. The van der Waals surface area contributed by atoms with Gasteiger partial charge in [-0.3, -0.25) is 4.79 Å². The maximum absolute atomic E-state index is 13.5. The Labute approximate surface area is 126 Å². The van der Waals surface area contributed by atoms with Crippen LogP contribution in [0.4, 0.5) is 15.8 Å². The number of amides is 1. The third-order valence-electron chi connectivity index (χ3n) is 2.62. The summed E-state index contributed by atoms with van der Waals surface area (Å²) in [5.41, 5.74) is 6.08. The fourth-order valence-electron chi connectivity index (χ4n) is 1.62. The molecule has 0 aliphatic heterocycles. The van der Waals surface area contributed by atoms with Crippen molar-refractivity contribution in [3.63, 3.8) is 0 Å². The number of aromatic nitrogens is 2. The summed E-state index contributed by atoms with van der Waals surface area (Å²) in [5, 5.41) is 3.39. The summed E-state index contributed by atoms with van der Waals surface area (Å²) >= 11 is 1.55. The van der Waals surface area contributed by atoms with Crippen molar-refractivity contribution < 1.29 is 9.18 Å². The number of halogens is 1. The number of nitrogens with zero attached hydrogens (tertiary/aromatic N) is 2. The number of thioether (sulfide) groups is 1. The molecule has 110 valence electrons. The summed E-state index contributed by atoms with van der Waals surface area (Å²) in [5.74, 6) is 0.0276. The molecule has 1 aromatic heterocycles. The summed E-state index contributed by atoms with van der Waals surface area (Å²) in [7, 11) is 0. The van der Waals surface area contributed by atoms with Gasteiger partial charge in [-0.05, 0) is 36.4 Å². The first-order chi connectivity index (χ1) is 10.1. The fourth-order valence-corrected chi connectivity index (χ4v) is 2.40. The molecule has 0 unspecified atom stereocenters. The fraction of sp³-hybridized carbons (Fsp3) is 0.214. The van der Waals surface area contributed by atoms with Crippen molar-refractivity contribution in [1.82, 2.24) is 9.97 Å². The zero-order valence-corrected chi connectivity index (χ0v) is 12.1. The van der Waals surface area contributed by atoms with Gasteiger partial charge in [0.2, 0.25) is 5.91 Å². The van der Waals surface area contributed by atoms with Gasteiger partial charge in [0.15, 0.2) is 0 Å². The Hall–Kier alpha value is -2.15. The van der Waals surface area contributed by atoms with E-state index in [4.69, 9.17) is 5.73 Å². The molecule has 2 aromatic rings. The highest BCUT2D eigenvalue weighted by Gasteiger charge is 2.07. The standard InChI is InChI=1S/C14H15FN4OS/c15-11-4-3-10(16)8-12(11)19-13(20)2-1-7-21-14-5-6-17-9-18-14/h3-6,8-9H,1-2,7,16H2,(H,19,20). The number of carbonyl (C=O) groups excluding carboxylic acids is 1. The zero-order chi connectivity index (χ0) is 15.1. The number of benzene rings is 1. The summed E-state index contributed by atoms with van der Waals surface area (Å²) in [4.78, 5) is 19.6. The van der Waals surface area contributed by atoms with Crippen LogP contribution in [-0.4, -0.2) is 21.6 Å². The second kappa shape index (κ2) is 7.58. The molecule has 0 aliphatic rings. The Balaban J connectivity index is 1.74. The molecule has 0 fully saturated rings. The van der Waals surface area contributed by atoms with Gasteiger partial charge in [-0.1, -0.05) is 0 Å². The van der Waals surface area contributed by atoms with Crippen molar-refractivity contribution in [1.29, 1.82) is 0 Å². The molecule has 21 heavy (non-hydrogen) atoms. The van der Waals surface area contributed by atoms with Gasteiger partial charge in [-0.25, -0.2) is 14.4 Å². The van der Waals surface area contributed by atoms with Crippen molar-refractivity contribution in [2.24, 2.45) is 0 Å². The van der Waals surface area contributed by atoms with Crippen molar-refractivity contribution in [2.45, 2.75) is 17.9 Å². The van der Waals surface area contributed by atoms with Gasteiger partial charge in [0.1, 0.15) is 12.1 Å². The van der Waals surface area contributed by atoms with Crippen LogP contribution in [0.1, 0.15) is 12.8 Å². The van der Waals surface area contributed by atoms with Crippen LogP contribution in [0.25, 0.3) is 0 Å². The average Bonchev–Trinajstić information content (AvgIpc) is 2.48. The number of anilines is 2. The van der Waals surface area contributed by atoms with E-state index in [1.54, 1.807) is 18.0 Å².